The van der Waals surface area contributed by atoms with Crippen molar-refractivity contribution in [2.75, 3.05) is 9.80 Å². The van der Waals surface area contributed by atoms with Gasteiger partial charge in [0.2, 0.25) is 0 Å². The Bertz CT molecular complexity index is 3930. The molecule has 2 aromatic heterocycles. The molecule has 1 aliphatic rings. The molecule has 0 radical (unpaired) electrons. The van der Waals surface area contributed by atoms with Crippen LogP contribution in [0.3, 0.4) is 0 Å². The van der Waals surface area contributed by atoms with E-state index >= 15 is 0 Å². The van der Waals surface area contributed by atoms with E-state index in [1.54, 1.807) is 118 Å². The van der Waals surface area contributed by atoms with Gasteiger partial charge in [-0.25, -0.2) is 4.98 Å². The summed E-state index contributed by atoms with van der Waals surface area (Å²) in [6.45, 7) is -3.89. The first-order chi connectivity index (χ1) is 36.7. The zero-order chi connectivity index (χ0) is 54.6. The maximum absolute atomic E-state index is 9.02. The van der Waals surface area contributed by atoms with Crippen molar-refractivity contribution in [1.29, 1.82) is 0 Å². The predicted octanol–water partition coefficient (Wildman–Crippen LogP) is 14.6. The summed E-state index contributed by atoms with van der Waals surface area (Å²) in [7, 11) is 0. The third kappa shape index (κ3) is 6.76. The van der Waals surface area contributed by atoms with Crippen LogP contribution in [0.5, 0.6) is 11.5 Å². The van der Waals surface area contributed by atoms with Crippen LogP contribution in [-0.2, 0) is 21.1 Å². The number of hydrogen-bond acceptors (Lipinski definition) is 4. The van der Waals surface area contributed by atoms with Gasteiger partial charge in [-0.05, 0) is 65.1 Å². The summed E-state index contributed by atoms with van der Waals surface area (Å²) in [5.74, 6) is 0.413. The van der Waals surface area contributed by atoms with Crippen LogP contribution in [0.4, 0.5) is 22.7 Å². The van der Waals surface area contributed by atoms with Crippen molar-refractivity contribution in [3.63, 3.8) is 0 Å². The van der Waals surface area contributed by atoms with Gasteiger partial charge in [0.15, 0.2) is 0 Å². The summed E-state index contributed by atoms with van der Waals surface area (Å²) >= 11 is 0. The fourth-order valence-corrected chi connectivity index (χ4v) is 7.94. The van der Waals surface area contributed by atoms with Crippen molar-refractivity contribution < 1.29 is 47.7 Å². The number of aromatic nitrogens is 2. The van der Waals surface area contributed by atoms with Crippen LogP contribution in [0.1, 0.15) is 33.1 Å². The molecule has 0 spiro atoms. The van der Waals surface area contributed by atoms with Gasteiger partial charge < -0.3 is 19.1 Å². The number of ether oxygens (including phenoxy) is 1. The molecule has 11 rings (SSSR count). The Labute approximate surface area is 398 Å². The number of anilines is 4. The molecule has 0 aliphatic carbocycles. The normalized spacial score (nSPS) is 16.2. The van der Waals surface area contributed by atoms with Gasteiger partial charge in [0.1, 0.15) is 5.82 Å². The van der Waals surface area contributed by atoms with Crippen LogP contribution in [0.25, 0.3) is 61.0 Å². The second-order valence-electron chi connectivity index (χ2n) is 14.1. The number of rotatable bonds is 8. The topological polar surface area (TPSA) is 33.5 Å². The first-order valence-corrected chi connectivity index (χ1v) is 19.2. The molecule has 62 heavy (non-hydrogen) atoms. The molecule has 0 saturated heterocycles. The SMILES string of the molecule is [2H]c1c([2H])c([2H])c(-c2cccc(-c3c([2H])c([2H])c([2H])c([2H])c3[2H])c2N2[CH-]N(c3[c-]c(Oc4[c-]c5c(cc4)c4ccccc4n5-c4ncc(C([2H])([2H])[2H])c(-c5ccccc5)c4C([2H])([2H])[2H])ccc3)c3ccccc32)c([2H])c1[2H].[Pt]. The summed E-state index contributed by atoms with van der Waals surface area (Å²) in [4.78, 5) is 8.07. The number of fused-ring (bicyclic) bond motifs is 4. The minimum Gasteiger partial charge on any atom is -0.509 e. The number of benzene rings is 8. The Kier molecular flexibility index (Phi) is 6.56. The van der Waals surface area contributed by atoms with Crippen molar-refractivity contribution in [3.05, 3.63) is 224 Å². The number of pyridine rings is 1. The molecular weight excluding hydrogens is 940 g/mol. The fourth-order valence-electron chi connectivity index (χ4n) is 7.94. The summed E-state index contributed by atoms with van der Waals surface area (Å²) < 4.78 is 147. The number of aryl methyl sites for hydroxylation is 1. The number of para-hydroxylation sites is 4. The van der Waals surface area contributed by atoms with Crippen molar-refractivity contribution in [2.45, 2.75) is 13.7 Å². The molecule has 8 aromatic carbocycles. The van der Waals surface area contributed by atoms with Crippen molar-refractivity contribution in [2.24, 2.45) is 0 Å². The monoisotopic (exact) mass is 994 g/mol. The van der Waals surface area contributed by atoms with E-state index in [1.807, 2.05) is 30.3 Å². The van der Waals surface area contributed by atoms with Crippen LogP contribution < -0.4 is 14.5 Å². The van der Waals surface area contributed by atoms with Gasteiger partial charge in [-0.15, -0.1) is 48.1 Å². The zero-order valence-electron chi connectivity index (χ0n) is 48.3. The molecule has 0 amide bonds. The average molecular weight is 995 g/mol. The molecule has 0 atom stereocenters. The summed E-state index contributed by atoms with van der Waals surface area (Å²) in [6.07, 6.45) is 1.21. The Balaban J connectivity index is 0.00000688. The molecule has 3 heterocycles. The third-order valence-corrected chi connectivity index (χ3v) is 10.6. The molecule has 6 heteroatoms. The van der Waals surface area contributed by atoms with Gasteiger partial charge in [-0.1, -0.05) is 145 Å². The standard InChI is InChI=1S/C56H39N4O.Pt/c1-38-36-57-56(39(2)54(38)42-22-10-5-11-23-42)60-50-29-13-12-26-48(50)49-33-32-45(35-53(49)60)61-44-25-16-24-43(34-44)58-37-59(52-31-15-14-30-51(52)58)55-46(40-18-6-3-7-19-40)27-17-28-47(55)41-20-8-4-9-21-41;/h3-33,36-37H,1-2H3;/q-3;/i1D3,2D3,3D,4D,6D,7D,8D,9D,18D,19D,20D,21D;. The van der Waals surface area contributed by atoms with E-state index in [0.29, 0.717) is 39.0 Å². The van der Waals surface area contributed by atoms with Gasteiger partial charge >= 0.3 is 0 Å². The number of hydrogen-bond donors (Lipinski definition) is 0. The zero-order valence-corrected chi connectivity index (χ0v) is 34.6. The van der Waals surface area contributed by atoms with Gasteiger partial charge in [0.25, 0.3) is 0 Å². The Hall–Kier alpha value is -7.20. The van der Waals surface area contributed by atoms with E-state index in [1.165, 1.54) is 6.20 Å². The molecule has 0 saturated carbocycles. The Morgan fingerprint density at radius 2 is 1.26 bits per heavy atom. The van der Waals surface area contributed by atoms with E-state index in [9.17, 15) is 0 Å². The Morgan fingerprint density at radius 3 is 1.98 bits per heavy atom. The van der Waals surface area contributed by atoms with Crippen LogP contribution in [-0.4, -0.2) is 9.55 Å². The van der Waals surface area contributed by atoms with Gasteiger partial charge in [0.05, 0.1) is 13.7 Å². The molecule has 302 valence electrons. The minimum absolute atomic E-state index is 0. The molecule has 0 fully saturated rings. The van der Waals surface area contributed by atoms with Crippen LogP contribution in [0.2, 0.25) is 0 Å². The van der Waals surface area contributed by atoms with Crippen molar-refractivity contribution >= 4 is 44.6 Å². The van der Waals surface area contributed by atoms with Gasteiger partial charge in [-0.3, -0.25) is 0 Å². The molecule has 1 aliphatic heterocycles. The summed E-state index contributed by atoms with van der Waals surface area (Å²) in [5.41, 5.74) is 2.51. The van der Waals surface area contributed by atoms with Crippen LogP contribution in [0.15, 0.2) is 194 Å². The molecule has 0 unspecified atom stereocenters. The van der Waals surface area contributed by atoms with Gasteiger partial charge in [-0.2, -0.15) is 12.1 Å². The quantitative estimate of drug-likeness (QED) is 0.142. The maximum Gasteiger partial charge on any atom is 0.139 e. The molecule has 0 bridgehead atoms. The van der Waals surface area contributed by atoms with Gasteiger partial charge in [0, 0.05) is 86.3 Å². The van der Waals surface area contributed by atoms with E-state index in [4.69, 9.17) is 26.7 Å². The summed E-state index contributed by atoms with van der Waals surface area (Å²) in [6, 6.07) is 37.5. The smallest absolute Gasteiger partial charge is 0.139 e. The second-order valence-corrected chi connectivity index (χ2v) is 14.1. The largest absolute Gasteiger partial charge is 0.509 e. The molecule has 0 N–H and O–H groups in total. The number of nitrogens with zero attached hydrogens (tertiary/aromatic N) is 4. The summed E-state index contributed by atoms with van der Waals surface area (Å²) in [5, 5.41) is 1.43. The predicted molar refractivity (Wildman–Crippen MR) is 250 cm³/mol. The second kappa shape index (κ2) is 16.3. The molecule has 10 aromatic rings. The third-order valence-electron chi connectivity index (χ3n) is 10.6. The van der Waals surface area contributed by atoms with E-state index in [2.05, 4.69) is 17.1 Å². The first-order valence-electron chi connectivity index (χ1n) is 27.2. The fraction of sp³-hybridized carbons (Fsp3) is 0.0357. The average Bonchev–Trinajstić information content (AvgIpc) is 4.15. The molecular formula is C56H39N4OPt-3. The van der Waals surface area contributed by atoms with Crippen LogP contribution >= 0.6 is 0 Å². The minimum atomic E-state index is -2.85. The van der Waals surface area contributed by atoms with Crippen molar-refractivity contribution in [1.82, 2.24) is 9.55 Å². The Morgan fingerprint density at radius 1 is 0.597 bits per heavy atom. The van der Waals surface area contributed by atoms with Crippen LogP contribution in [0, 0.1) is 32.5 Å². The van der Waals surface area contributed by atoms with Crippen molar-refractivity contribution in [3.8, 4) is 50.7 Å². The van der Waals surface area contributed by atoms with E-state index in [-0.39, 0.29) is 83.0 Å². The maximum atomic E-state index is 9.02. The molecule has 5 nitrogen and oxygen atoms in total. The van der Waals surface area contributed by atoms with E-state index < -0.39 is 74.1 Å². The van der Waals surface area contributed by atoms with E-state index in [0.717, 1.165) is 5.39 Å². The first kappa shape index (κ1) is 24.9.